The van der Waals surface area contributed by atoms with Crippen molar-refractivity contribution in [1.82, 2.24) is 0 Å². The average Bonchev–Trinajstić information content (AvgIpc) is 2.19. The highest BCUT2D eigenvalue weighted by atomic mass is 32.2. The Balaban J connectivity index is 2.62. The summed E-state index contributed by atoms with van der Waals surface area (Å²) in [6.07, 6.45) is 1.85. The molecule has 15 heavy (non-hydrogen) atoms. The molecule has 0 aliphatic heterocycles. The van der Waals surface area contributed by atoms with Crippen LogP contribution in [0.25, 0.3) is 0 Å². The second-order valence-corrected chi connectivity index (χ2v) is 4.23. The number of carbonyl (C=O) groups excluding carboxylic acids is 1. The van der Waals surface area contributed by atoms with E-state index in [0.29, 0.717) is 5.75 Å². The Labute approximate surface area is 94.0 Å². The van der Waals surface area contributed by atoms with E-state index in [2.05, 4.69) is 0 Å². The van der Waals surface area contributed by atoms with Crippen LogP contribution < -0.4 is 10.5 Å². The monoisotopic (exact) mass is 225 g/mol. The van der Waals surface area contributed by atoms with Gasteiger partial charge in [0.1, 0.15) is 11.0 Å². The van der Waals surface area contributed by atoms with Gasteiger partial charge in [0.25, 0.3) is 0 Å². The summed E-state index contributed by atoms with van der Waals surface area (Å²) in [5.41, 5.74) is 5.68. The number of para-hydroxylation sites is 1. The lowest BCUT2D eigenvalue weighted by atomic mass is 10.2. The smallest absolute Gasteiger partial charge is 0.326 e. The summed E-state index contributed by atoms with van der Waals surface area (Å²) in [7, 11) is 0. The highest BCUT2D eigenvalue weighted by molar-refractivity contribution is 8.00. The van der Waals surface area contributed by atoms with Crippen molar-refractivity contribution in [3.05, 3.63) is 30.3 Å². The number of thioether (sulfide) groups is 1. The lowest BCUT2D eigenvalue weighted by Crippen LogP contribution is -2.38. The molecule has 1 aromatic rings. The van der Waals surface area contributed by atoms with Crippen molar-refractivity contribution in [2.24, 2.45) is 5.73 Å². The summed E-state index contributed by atoms with van der Waals surface area (Å²) in [4.78, 5) is 11.7. The first kappa shape index (κ1) is 12.1. The molecule has 0 fully saturated rings. The topological polar surface area (TPSA) is 52.3 Å². The first-order chi connectivity index (χ1) is 7.15. The van der Waals surface area contributed by atoms with E-state index < -0.39 is 0 Å². The zero-order valence-electron chi connectivity index (χ0n) is 8.84. The quantitative estimate of drug-likeness (QED) is 0.625. The molecule has 0 radical (unpaired) electrons. The summed E-state index contributed by atoms with van der Waals surface area (Å²) in [6, 6.07) is 8.80. The lowest BCUT2D eigenvalue weighted by molar-refractivity contribution is -0.134. The summed E-state index contributed by atoms with van der Waals surface area (Å²) < 4.78 is 5.19. The molecule has 4 heteroatoms. The van der Waals surface area contributed by atoms with Gasteiger partial charge in [-0.15, -0.1) is 11.8 Å². The van der Waals surface area contributed by atoms with Crippen LogP contribution in [0.4, 0.5) is 0 Å². The number of ether oxygens (including phenoxy) is 1. The molecule has 0 bridgehead atoms. The van der Waals surface area contributed by atoms with Crippen LogP contribution in [0.3, 0.4) is 0 Å². The Bertz CT molecular complexity index is 314. The van der Waals surface area contributed by atoms with Crippen LogP contribution >= 0.6 is 11.8 Å². The minimum atomic E-state index is -0.315. The molecule has 0 saturated carbocycles. The van der Waals surface area contributed by atoms with E-state index in [4.69, 9.17) is 10.5 Å². The zero-order chi connectivity index (χ0) is 11.3. The van der Waals surface area contributed by atoms with Crippen molar-refractivity contribution in [1.29, 1.82) is 0 Å². The van der Waals surface area contributed by atoms with Crippen LogP contribution in [0.2, 0.25) is 0 Å². The molecule has 0 amide bonds. The van der Waals surface area contributed by atoms with E-state index in [0.717, 1.165) is 0 Å². The maximum absolute atomic E-state index is 11.7. The predicted molar refractivity (Wildman–Crippen MR) is 63.0 cm³/mol. The van der Waals surface area contributed by atoms with Gasteiger partial charge in [0.15, 0.2) is 0 Å². The number of carbonyl (C=O) groups is 1. The molecule has 0 aliphatic rings. The van der Waals surface area contributed by atoms with E-state index in [-0.39, 0.29) is 17.3 Å². The molecule has 3 nitrogen and oxygen atoms in total. The van der Waals surface area contributed by atoms with Crippen LogP contribution in [0.15, 0.2) is 30.3 Å². The number of benzene rings is 1. The average molecular weight is 225 g/mol. The summed E-state index contributed by atoms with van der Waals surface area (Å²) >= 11 is 1.41. The van der Waals surface area contributed by atoms with Crippen molar-refractivity contribution in [2.45, 2.75) is 18.2 Å². The Morgan fingerprint density at radius 3 is 2.47 bits per heavy atom. The molecule has 2 atom stereocenters. The Hall–Kier alpha value is -1.00. The molecular weight excluding hydrogens is 210 g/mol. The van der Waals surface area contributed by atoms with Crippen molar-refractivity contribution >= 4 is 17.7 Å². The second-order valence-electron chi connectivity index (χ2n) is 3.25. The molecular formula is C11H15NO2S. The highest BCUT2D eigenvalue weighted by Gasteiger charge is 2.23. The molecule has 0 spiro atoms. The Morgan fingerprint density at radius 2 is 2.00 bits per heavy atom. The van der Waals surface area contributed by atoms with Gasteiger partial charge in [0, 0.05) is 6.04 Å². The molecule has 2 N–H and O–H groups in total. The van der Waals surface area contributed by atoms with Crippen LogP contribution in [0, 0.1) is 0 Å². The fraction of sp³-hybridized carbons (Fsp3) is 0.364. The van der Waals surface area contributed by atoms with E-state index >= 15 is 0 Å². The largest absolute Gasteiger partial charge is 0.426 e. The summed E-state index contributed by atoms with van der Waals surface area (Å²) in [5.74, 6) is 0.269. The van der Waals surface area contributed by atoms with E-state index in [9.17, 15) is 4.79 Å². The zero-order valence-corrected chi connectivity index (χ0v) is 9.66. The van der Waals surface area contributed by atoms with Crippen molar-refractivity contribution in [2.75, 3.05) is 6.26 Å². The van der Waals surface area contributed by atoms with Gasteiger partial charge >= 0.3 is 5.97 Å². The standard InChI is InChI=1S/C11H15NO2S/c1-8(12)10(15-2)11(13)14-9-6-4-3-5-7-9/h3-8,10H,12H2,1-2H3. The third-order valence-corrected chi connectivity index (χ3v) is 3.06. The Morgan fingerprint density at radius 1 is 1.40 bits per heavy atom. The number of rotatable bonds is 4. The van der Waals surface area contributed by atoms with Gasteiger partial charge in [0.05, 0.1) is 0 Å². The third kappa shape index (κ3) is 3.57. The molecule has 2 unspecified atom stereocenters. The molecule has 0 saturated heterocycles. The third-order valence-electron chi connectivity index (χ3n) is 1.93. The van der Waals surface area contributed by atoms with Crippen molar-refractivity contribution < 1.29 is 9.53 Å². The van der Waals surface area contributed by atoms with Crippen LogP contribution in [0.1, 0.15) is 6.92 Å². The molecule has 0 aliphatic carbocycles. The van der Waals surface area contributed by atoms with Crippen molar-refractivity contribution in [3.8, 4) is 5.75 Å². The van der Waals surface area contributed by atoms with E-state index in [1.807, 2.05) is 24.5 Å². The predicted octanol–water partition coefficient (Wildman–Crippen LogP) is 1.67. The number of esters is 1. The molecule has 1 aromatic carbocycles. The fourth-order valence-corrected chi connectivity index (χ4v) is 1.86. The number of nitrogens with two attached hydrogens (primary N) is 1. The normalized spacial score (nSPS) is 14.3. The van der Waals surface area contributed by atoms with Crippen molar-refractivity contribution in [3.63, 3.8) is 0 Å². The van der Waals surface area contributed by atoms with Crippen LogP contribution in [-0.2, 0) is 4.79 Å². The van der Waals surface area contributed by atoms with Gasteiger partial charge in [-0.2, -0.15) is 0 Å². The minimum absolute atomic E-state index is 0.212. The molecule has 82 valence electrons. The Kier molecular flexibility index (Phi) is 4.65. The lowest BCUT2D eigenvalue weighted by Gasteiger charge is -2.16. The van der Waals surface area contributed by atoms with Gasteiger partial charge < -0.3 is 10.5 Å². The maximum Gasteiger partial charge on any atom is 0.326 e. The van der Waals surface area contributed by atoms with Gasteiger partial charge in [-0.05, 0) is 25.3 Å². The highest BCUT2D eigenvalue weighted by Crippen LogP contribution is 2.15. The molecule has 0 heterocycles. The minimum Gasteiger partial charge on any atom is -0.426 e. The SMILES string of the molecule is CSC(C(=O)Oc1ccccc1)C(C)N. The van der Waals surface area contributed by atoms with Crippen LogP contribution in [-0.4, -0.2) is 23.5 Å². The summed E-state index contributed by atoms with van der Waals surface area (Å²) in [6.45, 7) is 1.80. The second kappa shape index (κ2) is 5.78. The molecule has 0 aromatic heterocycles. The summed E-state index contributed by atoms with van der Waals surface area (Å²) in [5, 5.41) is -0.315. The van der Waals surface area contributed by atoms with Crippen LogP contribution in [0.5, 0.6) is 5.75 Å². The first-order valence-electron chi connectivity index (χ1n) is 4.70. The number of hydrogen-bond donors (Lipinski definition) is 1. The molecule has 1 rings (SSSR count). The van der Waals surface area contributed by atoms with Gasteiger partial charge in [0.2, 0.25) is 0 Å². The van der Waals surface area contributed by atoms with Gasteiger partial charge in [-0.1, -0.05) is 18.2 Å². The van der Waals surface area contributed by atoms with E-state index in [1.54, 1.807) is 19.1 Å². The maximum atomic E-state index is 11.7. The number of hydrogen-bond acceptors (Lipinski definition) is 4. The van der Waals surface area contributed by atoms with Gasteiger partial charge in [-0.25, -0.2) is 0 Å². The van der Waals surface area contributed by atoms with E-state index in [1.165, 1.54) is 11.8 Å². The fourth-order valence-electron chi connectivity index (χ4n) is 1.19. The first-order valence-corrected chi connectivity index (χ1v) is 5.99. The van der Waals surface area contributed by atoms with Gasteiger partial charge in [-0.3, -0.25) is 4.79 Å².